The molecule has 1 saturated heterocycles. The third kappa shape index (κ3) is 5.84. The highest BCUT2D eigenvalue weighted by molar-refractivity contribution is 7.99. The van der Waals surface area contributed by atoms with E-state index >= 15 is 0 Å². The average molecular weight is 341 g/mol. The number of thioether (sulfide) groups is 1. The molecule has 0 atom stereocenters. The number of hydrogen-bond donors (Lipinski definition) is 2. The fraction of sp³-hybridized carbons (Fsp3) is 0.500. The minimum Gasteiger partial charge on any atom is -0.481 e. The van der Waals surface area contributed by atoms with Crippen molar-refractivity contribution in [2.75, 3.05) is 19.0 Å². The van der Waals surface area contributed by atoms with Gasteiger partial charge in [0, 0.05) is 30.3 Å². The van der Waals surface area contributed by atoms with Crippen LogP contribution in [0.4, 0.5) is 4.39 Å². The lowest BCUT2D eigenvalue weighted by Gasteiger charge is -2.36. The van der Waals surface area contributed by atoms with Crippen LogP contribution in [0.25, 0.3) is 0 Å². The second-order valence-electron chi connectivity index (χ2n) is 5.56. The molecule has 1 heterocycles. The maximum atomic E-state index is 12.8. The number of halogens is 1. The molecule has 1 aliphatic rings. The lowest BCUT2D eigenvalue weighted by atomic mass is 9.86. The number of amides is 1. The summed E-state index contributed by atoms with van der Waals surface area (Å²) < 4.78 is 18.1. The van der Waals surface area contributed by atoms with Crippen LogP contribution in [0.5, 0.6) is 0 Å². The third-order valence-electron chi connectivity index (χ3n) is 3.76. The predicted octanol–water partition coefficient (Wildman–Crippen LogP) is 2.45. The molecule has 1 amide bonds. The standard InChI is InChI=1S/C16H20FNO4S/c17-12-1-3-13(4-2-12)23-10-5-14(19)18-16(11-15(20)21)6-8-22-9-7-16/h1-4H,5-11H2,(H,18,19)(H,20,21). The molecule has 0 spiro atoms. The summed E-state index contributed by atoms with van der Waals surface area (Å²) in [7, 11) is 0. The van der Waals surface area contributed by atoms with Crippen molar-refractivity contribution >= 4 is 23.6 Å². The van der Waals surface area contributed by atoms with E-state index < -0.39 is 11.5 Å². The van der Waals surface area contributed by atoms with Crippen molar-refractivity contribution < 1.29 is 23.8 Å². The van der Waals surface area contributed by atoms with E-state index in [-0.39, 0.29) is 24.6 Å². The Bertz CT molecular complexity index is 544. The highest BCUT2D eigenvalue weighted by atomic mass is 32.2. The molecule has 0 bridgehead atoms. The van der Waals surface area contributed by atoms with Gasteiger partial charge < -0.3 is 15.2 Å². The molecule has 126 valence electrons. The van der Waals surface area contributed by atoms with Crippen LogP contribution in [0.2, 0.25) is 0 Å². The molecule has 0 unspecified atom stereocenters. The van der Waals surface area contributed by atoms with E-state index in [0.717, 1.165) is 4.90 Å². The number of aliphatic carboxylic acids is 1. The smallest absolute Gasteiger partial charge is 0.305 e. The van der Waals surface area contributed by atoms with Crippen LogP contribution in [-0.2, 0) is 14.3 Å². The summed E-state index contributed by atoms with van der Waals surface area (Å²) >= 11 is 1.46. The lowest BCUT2D eigenvalue weighted by molar-refractivity contribution is -0.140. The number of hydrogen-bond acceptors (Lipinski definition) is 4. The number of carbonyl (C=O) groups excluding carboxylic acids is 1. The molecule has 1 fully saturated rings. The Morgan fingerprint density at radius 3 is 2.52 bits per heavy atom. The van der Waals surface area contributed by atoms with Gasteiger partial charge in [0.15, 0.2) is 0 Å². The third-order valence-corrected chi connectivity index (χ3v) is 4.77. The first-order chi connectivity index (χ1) is 11.0. The number of nitrogens with one attached hydrogen (secondary N) is 1. The Morgan fingerprint density at radius 2 is 1.91 bits per heavy atom. The maximum Gasteiger partial charge on any atom is 0.305 e. The second-order valence-corrected chi connectivity index (χ2v) is 6.73. The number of carbonyl (C=O) groups is 2. The zero-order chi connectivity index (χ0) is 16.7. The summed E-state index contributed by atoms with van der Waals surface area (Å²) in [6.45, 7) is 0.912. The van der Waals surface area contributed by atoms with E-state index in [1.54, 1.807) is 12.1 Å². The van der Waals surface area contributed by atoms with Crippen LogP contribution in [0.15, 0.2) is 29.2 Å². The van der Waals surface area contributed by atoms with Crippen molar-refractivity contribution in [2.24, 2.45) is 0 Å². The van der Waals surface area contributed by atoms with Crippen LogP contribution < -0.4 is 5.32 Å². The van der Waals surface area contributed by atoms with Gasteiger partial charge in [-0.05, 0) is 37.1 Å². The first-order valence-corrected chi connectivity index (χ1v) is 8.47. The highest BCUT2D eigenvalue weighted by Gasteiger charge is 2.36. The zero-order valence-corrected chi connectivity index (χ0v) is 13.5. The van der Waals surface area contributed by atoms with Gasteiger partial charge in [0.25, 0.3) is 0 Å². The number of carboxylic acids is 1. The number of ether oxygens (including phenoxy) is 1. The van der Waals surface area contributed by atoms with Gasteiger partial charge in [0.05, 0.1) is 12.0 Å². The first-order valence-electron chi connectivity index (χ1n) is 7.48. The van der Waals surface area contributed by atoms with Crippen LogP contribution >= 0.6 is 11.8 Å². The lowest BCUT2D eigenvalue weighted by Crippen LogP contribution is -2.53. The molecule has 5 nitrogen and oxygen atoms in total. The second kappa shape index (κ2) is 8.31. The fourth-order valence-corrected chi connectivity index (χ4v) is 3.40. The maximum absolute atomic E-state index is 12.8. The molecule has 0 aliphatic carbocycles. The molecule has 2 N–H and O–H groups in total. The molecule has 1 aromatic rings. The van der Waals surface area contributed by atoms with E-state index in [4.69, 9.17) is 9.84 Å². The number of rotatable bonds is 7. The molecule has 2 rings (SSSR count). The molecule has 0 radical (unpaired) electrons. The van der Waals surface area contributed by atoms with Crippen molar-refractivity contribution in [1.82, 2.24) is 5.32 Å². The molecule has 0 saturated carbocycles. The van der Waals surface area contributed by atoms with Gasteiger partial charge >= 0.3 is 5.97 Å². The van der Waals surface area contributed by atoms with Gasteiger partial charge in [0.1, 0.15) is 5.82 Å². The fourth-order valence-electron chi connectivity index (χ4n) is 2.55. The van der Waals surface area contributed by atoms with Gasteiger partial charge in [-0.2, -0.15) is 0 Å². The van der Waals surface area contributed by atoms with Gasteiger partial charge in [0.2, 0.25) is 5.91 Å². The Balaban J connectivity index is 1.81. The number of benzene rings is 1. The van der Waals surface area contributed by atoms with Gasteiger partial charge in [-0.25, -0.2) is 4.39 Å². The zero-order valence-electron chi connectivity index (χ0n) is 12.7. The van der Waals surface area contributed by atoms with Gasteiger partial charge in [-0.3, -0.25) is 9.59 Å². The molecule has 1 aliphatic heterocycles. The van der Waals surface area contributed by atoms with Gasteiger partial charge in [-0.15, -0.1) is 11.8 Å². The van der Waals surface area contributed by atoms with Crippen molar-refractivity contribution in [2.45, 2.75) is 36.1 Å². The summed E-state index contributed by atoms with van der Waals surface area (Å²) in [6.07, 6.45) is 1.21. The van der Waals surface area contributed by atoms with Crippen molar-refractivity contribution in [3.05, 3.63) is 30.1 Å². The molecular weight excluding hydrogens is 321 g/mol. The Labute approximate surface area is 138 Å². The topological polar surface area (TPSA) is 75.6 Å². The van der Waals surface area contributed by atoms with Gasteiger partial charge in [-0.1, -0.05) is 0 Å². The van der Waals surface area contributed by atoms with E-state index in [1.807, 2.05) is 0 Å². The minimum absolute atomic E-state index is 0.0901. The normalized spacial score (nSPS) is 16.7. The highest BCUT2D eigenvalue weighted by Crippen LogP contribution is 2.25. The van der Waals surface area contributed by atoms with Crippen LogP contribution in [0.3, 0.4) is 0 Å². The summed E-state index contributed by atoms with van der Waals surface area (Å²) in [5.74, 6) is -0.824. The average Bonchev–Trinajstić information content (AvgIpc) is 2.49. The Hall–Kier alpha value is -1.60. The molecule has 0 aromatic heterocycles. The van der Waals surface area contributed by atoms with E-state index in [9.17, 15) is 14.0 Å². The van der Waals surface area contributed by atoms with Crippen LogP contribution in [0.1, 0.15) is 25.7 Å². The summed E-state index contributed by atoms with van der Waals surface area (Å²) in [6, 6.07) is 6.10. The predicted molar refractivity (Wildman–Crippen MR) is 84.9 cm³/mol. The molecule has 7 heteroatoms. The van der Waals surface area contributed by atoms with E-state index in [0.29, 0.717) is 31.8 Å². The van der Waals surface area contributed by atoms with Crippen LogP contribution in [-0.4, -0.2) is 41.5 Å². The minimum atomic E-state index is -0.923. The first kappa shape index (κ1) is 17.7. The Kier molecular flexibility index (Phi) is 6.41. The largest absolute Gasteiger partial charge is 0.481 e. The molecule has 23 heavy (non-hydrogen) atoms. The van der Waals surface area contributed by atoms with Crippen molar-refractivity contribution in [3.8, 4) is 0 Å². The Morgan fingerprint density at radius 1 is 1.26 bits per heavy atom. The quantitative estimate of drug-likeness (QED) is 0.745. The van der Waals surface area contributed by atoms with E-state index in [2.05, 4.69) is 5.32 Å². The van der Waals surface area contributed by atoms with Crippen molar-refractivity contribution in [1.29, 1.82) is 0 Å². The molecular formula is C16H20FNO4S. The molecule has 1 aromatic carbocycles. The number of carboxylic acid groups (broad SMARTS) is 1. The summed E-state index contributed by atoms with van der Waals surface area (Å²) in [4.78, 5) is 24.1. The SMILES string of the molecule is O=C(O)CC1(NC(=O)CCSc2ccc(F)cc2)CCOCC1. The van der Waals surface area contributed by atoms with Crippen molar-refractivity contribution in [3.63, 3.8) is 0 Å². The monoisotopic (exact) mass is 341 g/mol. The van der Waals surface area contributed by atoms with E-state index in [1.165, 1.54) is 23.9 Å². The van der Waals surface area contributed by atoms with Crippen LogP contribution in [0, 0.1) is 5.82 Å². The summed E-state index contributed by atoms with van der Waals surface area (Å²) in [5, 5.41) is 12.0. The summed E-state index contributed by atoms with van der Waals surface area (Å²) in [5.41, 5.74) is -0.707.